The van der Waals surface area contributed by atoms with Crippen LogP contribution in [0.4, 0.5) is 0 Å². The van der Waals surface area contributed by atoms with Gasteiger partial charge in [0.2, 0.25) is 0 Å². The largest absolute Gasteiger partial charge is 0.491 e. The highest BCUT2D eigenvalue weighted by Gasteiger charge is 2.50. The van der Waals surface area contributed by atoms with Gasteiger partial charge in [0.1, 0.15) is 12.4 Å². The third-order valence-corrected chi connectivity index (χ3v) is 25.5. The number of unbranched alkanes of at least 4 members (excludes halogenated alkanes) is 1. The van der Waals surface area contributed by atoms with E-state index in [1.807, 2.05) is 30.3 Å². The number of hydrogen-bond donors (Lipinski definition) is 0. The number of rotatable bonds is 16. The van der Waals surface area contributed by atoms with E-state index in [1.54, 1.807) is 0 Å². The zero-order valence-electron chi connectivity index (χ0n) is 32.8. The predicted octanol–water partition coefficient (Wildman–Crippen LogP) is 12.6. The summed E-state index contributed by atoms with van der Waals surface area (Å²) in [4.78, 5) is 0. The van der Waals surface area contributed by atoms with Crippen LogP contribution < -0.4 is 4.74 Å². The fraction of sp³-hybridized carbons (Fsp3) is 0.744. The summed E-state index contributed by atoms with van der Waals surface area (Å²) in [5.41, 5.74) is 0. The molecule has 0 unspecified atom stereocenters. The Morgan fingerprint density at radius 1 is 0.766 bits per heavy atom. The molecular weight excluding hydrogens is 697 g/mol. The summed E-state index contributed by atoms with van der Waals surface area (Å²) in [6.07, 6.45) is 13.8. The summed E-state index contributed by atoms with van der Waals surface area (Å²) in [6, 6.07) is 10.1. The lowest BCUT2D eigenvalue weighted by Crippen LogP contribution is -2.45. The van der Waals surface area contributed by atoms with Crippen molar-refractivity contribution in [3.63, 3.8) is 0 Å². The van der Waals surface area contributed by atoms with Gasteiger partial charge in [-0.2, -0.15) is 0 Å². The van der Waals surface area contributed by atoms with Crippen LogP contribution >= 0.6 is 15.9 Å². The normalized spacial score (nSPS) is 22.8. The number of benzene rings is 1. The minimum Gasteiger partial charge on any atom is -0.491 e. The van der Waals surface area contributed by atoms with Gasteiger partial charge < -0.3 is 18.0 Å². The molecule has 270 valence electrons. The molecular formula is C39H71BrO4Si3. The van der Waals surface area contributed by atoms with Crippen LogP contribution in [0.5, 0.6) is 5.75 Å². The Morgan fingerprint density at radius 3 is 1.81 bits per heavy atom. The van der Waals surface area contributed by atoms with Crippen molar-refractivity contribution in [1.29, 1.82) is 0 Å². The van der Waals surface area contributed by atoms with Gasteiger partial charge in [-0.15, -0.1) is 0 Å². The SMILES string of the molecule is CC(C)(C)[Si](C)(C)O[C@H](/C=C/[C@@H]1[C@@H](C/C=C\CCCBr)[C@@H](O[Si](C)(C)C(C)(C)C)C[C@H]1O[Si](C)(C)C(C)(C)C)COc1ccccc1. The Labute approximate surface area is 302 Å². The summed E-state index contributed by atoms with van der Waals surface area (Å²) in [6.45, 7) is 35.7. The van der Waals surface area contributed by atoms with Crippen LogP contribution in [0, 0.1) is 11.8 Å². The van der Waals surface area contributed by atoms with Crippen LogP contribution in [0.25, 0.3) is 0 Å². The third kappa shape index (κ3) is 12.7. The minimum atomic E-state index is -2.07. The Morgan fingerprint density at radius 2 is 1.30 bits per heavy atom. The Balaban J connectivity index is 2.58. The van der Waals surface area contributed by atoms with Crippen LogP contribution in [0.15, 0.2) is 54.6 Å². The molecule has 4 nitrogen and oxygen atoms in total. The topological polar surface area (TPSA) is 36.9 Å². The van der Waals surface area contributed by atoms with Gasteiger partial charge in [0, 0.05) is 11.2 Å². The van der Waals surface area contributed by atoms with Crippen molar-refractivity contribution in [2.45, 2.75) is 161 Å². The number of halogens is 1. The second kappa shape index (κ2) is 17.1. The quantitative estimate of drug-likeness (QED) is 0.0726. The van der Waals surface area contributed by atoms with Crippen molar-refractivity contribution < 1.29 is 18.0 Å². The highest BCUT2D eigenvalue weighted by Crippen LogP contribution is 2.48. The third-order valence-electron chi connectivity index (χ3n) is 11.4. The molecule has 1 aromatic carbocycles. The van der Waals surface area contributed by atoms with Gasteiger partial charge in [-0.05, 0) is 98.1 Å². The maximum atomic E-state index is 7.33. The Bertz CT molecular complexity index is 1130. The molecule has 5 atom stereocenters. The van der Waals surface area contributed by atoms with Crippen LogP contribution in [0.2, 0.25) is 54.4 Å². The van der Waals surface area contributed by atoms with E-state index in [2.05, 4.69) is 142 Å². The molecule has 1 fully saturated rings. The van der Waals surface area contributed by atoms with E-state index in [4.69, 9.17) is 18.0 Å². The fourth-order valence-electron chi connectivity index (χ4n) is 5.23. The Hall–Kier alpha value is -0.489. The van der Waals surface area contributed by atoms with Gasteiger partial charge in [-0.25, -0.2) is 0 Å². The number of allylic oxidation sites excluding steroid dienone is 2. The first kappa shape index (κ1) is 42.7. The van der Waals surface area contributed by atoms with Gasteiger partial charge in [-0.1, -0.05) is 121 Å². The maximum absolute atomic E-state index is 7.33. The summed E-state index contributed by atoms with van der Waals surface area (Å²) >= 11 is 3.59. The molecule has 0 aliphatic heterocycles. The van der Waals surface area contributed by atoms with Crippen LogP contribution in [-0.2, 0) is 13.3 Å². The molecule has 2 rings (SSSR count). The van der Waals surface area contributed by atoms with Crippen molar-refractivity contribution in [3.05, 3.63) is 54.6 Å². The molecule has 0 bridgehead atoms. The van der Waals surface area contributed by atoms with Gasteiger partial charge in [0.05, 0.1) is 18.3 Å². The zero-order chi connectivity index (χ0) is 35.9. The standard InChI is InChI=1S/C39H71BrO4Si3/c1-37(2,3)45(10,11)42-32(30-41-31-23-19-18-20-24-31)26-27-34-33(25-21-16-17-22-28-40)35(43-46(12,13)38(4,5)6)29-36(34)44-47(14,15)39(7,8)9/h16,18-21,23-24,26-27,32-36H,17,22,25,28-30H2,1-15H3/b21-16-,27-26+/t32-,33-,34-,35+,36-/m1/s1. The van der Waals surface area contributed by atoms with Crippen LogP contribution in [0.3, 0.4) is 0 Å². The van der Waals surface area contributed by atoms with Gasteiger partial charge in [0.15, 0.2) is 25.0 Å². The average molecular weight is 768 g/mol. The van der Waals surface area contributed by atoms with Crippen molar-refractivity contribution >= 4 is 40.9 Å². The minimum absolute atomic E-state index is 0.0950. The van der Waals surface area contributed by atoms with E-state index in [0.717, 1.165) is 36.8 Å². The van der Waals surface area contributed by atoms with E-state index < -0.39 is 25.0 Å². The molecule has 0 radical (unpaired) electrons. The summed E-state index contributed by atoms with van der Waals surface area (Å²) in [5, 5.41) is 1.40. The monoisotopic (exact) mass is 766 g/mol. The van der Waals surface area contributed by atoms with E-state index in [-0.39, 0.29) is 39.3 Å². The van der Waals surface area contributed by atoms with Gasteiger partial charge in [-0.3, -0.25) is 0 Å². The number of hydrogen-bond acceptors (Lipinski definition) is 4. The lowest BCUT2D eigenvalue weighted by Gasteiger charge is -2.40. The lowest BCUT2D eigenvalue weighted by atomic mass is 9.89. The molecule has 0 heterocycles. The molecule has 1 aliphatic rings. The van der Waals surface area contributed by atoms with Crippen LogP contribution in [-0.4, -0.2) is 55.2 Å². The van der Waals surface area contributed by atoms with E-state index >= 15 is 0 Å². The average Bonchev–Trinajstić information content (AvgIpc) is 3.22. The molecule has 47 heavy (non-hydrogen) atoms. The maximum Gasteiger partial charge on any atom is 0.193 e. The molecule has 1 saturated carbocycles. The zero-order valence-corrected chi connectivity index (χ0v) is 37.4. The van der Waals surface area contributed by atoms with Crippen molar-refractivity contribution in [2.24, 2.45) is 11.8 Å². The molecule has 1 aromatic rings. The Kier molecular flexibility index (Phi) is 15.6. The van der Waals surface area contributed by atoms with Gasteiger partial charge in [0.25, 0.3) is 0 Å². The number of ether oxygens (including phenoxy) is 1. The predicted molar refractivity (Wildman–Crippen MR) is 216 cm³/mol. The van der Waals surface area contributed by atoms with Gasteiger partial charge >= 0.3 is 0 Å². The molecule has 0 saturated heterocycles. The second-order valence-electron chi connectivity index (χ2n) is 18.3. The number of alkyl halides is 1. The summed E-state index contributed by atoms with van der Waals surface area (Å²) in [7, 11) is -6.13. The highest BCUT2D eigenvalue weighted by molar-refractivity contribution is 9.09. The molecule has 0 aromatic heterocycles. The van der Waals surface area contributed by atoms with Crippen molar-refractivity contribution in [1.82, 2.24) is 0 Å². The van der Waals surface area contributed by atoms with E-state index in [1.165, 1.54) is 0 Å². The second-order valence-corrected chi connectivity index (χ2v) is 33.3. The fourth-order valence-corrected chi connectivity index (χ4v) is 9.56. The first-order chi connectivity index (χ1) is 21.4. The van der Waals surface area contributed by atoms with Crippen molar-refractivity contribution in [2.75, 3.05) is 11.9 Å². The number of para-hydroxylation sites is 1. The molecule has 1 aliphatic carbocycles. The highest BCUT2D eigenvalue weighted by atomic mass is 79.9. The first-order valence-electron chi connectivity index (χ1n) is 18.0. The van der Waals surface area contributed by atoms with Crippen molar-refractivity contribution in [3.8, 4) is 5.75 Å². The first-order valence-corrected chi connectivity index (χ1v) is 27.9. The van der Waals surface area contributed by atoms with E-state index in [9.17, 15) is 0 Å². The molecule has 0 spiro atoms. The van der Waals surface area contributed by atoms with E-state index in [0.29, 0.717) is 12.5 Å². The summed E-state index contributed by atoms with van der Waals surface area (Å²) < 4.78 is 28.0. The molecule has 0 N–H and O–H groups in total. The molecule has 0 amide bonds. The lowest BCUT2D eigenvalue weighted by molar-refractivity contribution is 0.129. The smallest absolute Gasteiger partial charge is 0.193 e. The summed E-state index contributed by atoms with van der Waals surface area (Å²) in [5.74, 6) is 1.43. The van der Waals surface area contributed by atoms with Crippen LogP contribution in [0.1, 0.15) is 88.0 Å². The molecule has 8 heteroatoms.